The molecule has 1 N–H and O–H groups in total. The Balaban J connectivity index is 1.73. The van der Waals surface area contributed by atoms with E-state index in [9.17, 15) is 14.7 Å². The number of amides is 1. The molecule has 1 aliphatic rings. The molecule has 1 fully saturated rings. The molecular weight excluding hydrogens is 438 g/mol. The maximum absolute atomic E-state index is 13.6. The summed E-state index contributed by atoms with van der Waals surface area (Å²) in [6.07, 6.45) is 9.42. The average Bonchev–Trinajstić information content (AvgIpc) is 2.87. The van der Waals surface area contributed by atoms with Gasteiger partial charge >= 0.3 is 5.97 Å². The topological polar surface area (TPSA) is 73.7 Å². The summed E-state index contributed by atoms with van der Waals surface area (Å²) in [6, 6.07) is 10.9. The van der Waals surface area contributed by atoms with E-state index in [0.29, 0.717) is 18.2 Å². The van der Waals surface area contributed by atoms with E-state index in [0.717, 1.165) is 50.9 Å². The van der Waals surface area contributed by atoms with Gasteiger partial charge in [-0.05, 0) is 73.9 Å². The van der Waals surface area contributed by atoms with E-state index in [1.165, 1.54) is 24.8 Å². The van der Waals surface area contributed by atoms with Gasteiger partial charge in [-0.15, -0.1) is 0 Å². The normalized spacial score (nSPS) is 14.9. The molecule has 2 heterocycles. The summed E-state index contributed by atoms with van der Waals surface area (Å²) in [4.78, 5) is 33.9. The van der Waals surface area contributed by atoms with Crippen molar-refractivity contribution in [2.24, 2.45) is 5.92 Å². The third kappa shape index (κ3) is 8.17. The number of carboxylic acid groups (broad SMARTS) is 1. The summed E-state index contributed by atoms with van der Waals surface area (Å²) < 4.78 is 0. The lowest BCUT2D eigenvalue weighted by atomic mass is 10.00. The Morgan fingerprint density at radius 2 is 1.74 bits per heavy atom. The number of carbonyl (C=O) groups is 2. The molecule has 1 amide bonds. The van der Waals surface area contributed by atoms with Crippen LogP contribution >= 0.6 is 0 Å². The summed E-state index contributed by atoms with van der Waals surface area (Å²) in [7, 11) is 0. The number of aryl methyl sites for hydroxylation is 1. The van der Waals surface area contributed by atoms with E-state index >= 15 is 0 Å². The first-order valence-corrected chi connectivity index (χ1v) is 13.2. The van der Waals surface area contributed by atoms with Crippen molar-refractivity contribution >= 4 is 11.9 Å². The molecule has 0 saturated carbocycles. The van der Waals surface area contributed by atoms with Crippen molar-refractivity contribution in [3.63, 3.8) is 0 Å². The van der Waals surface area contributed by atoms with Crippen LogP contribution in [0.25, 0.3) is 0 Å². The highest BCUT2D eigenvalue weighted by atomic mass is 16.4. The fraction of sp³-hybridized carbons (Fsp3) is 0.552. The van der Waals surface area contributed by atoms with Crippen LogP contribution in [-0.4, -0.2) is 57.4 Å². The van der Waals surface area contributed by atoms with Crippen molar-refractivity contribution in [2.75, 3.05) is 19.6 Å². The fourth-order valence-electron chi connectivity index (χ4n) is 4.64. The number of benzene rings is 1. The zero-order valence-corrected chi connectivity index (χ0v) is 21.6. The van der Waals surface area contributed by atoms with Crippen LogP contribution in [0.15, 0.2) is 42.6 Å². The SMILES string of the molecule is CCCCCc1ccc(C(=O)N(Cc2ccc(C(=O)O)cc2)C2CCN(CCC(C)C)CC2)nc1. The number of pyridine rings is 1. The lowest BCUT2D eigenvalue weighted by molar-refractivity contribution is 0.0539. The minimum absolute atomic E-state index is 0.0481. The Hall–Kier alpha value is -2.73. The number of carbonyl (C=O) groups excluding carboxylic acids is 1. The van der Waals surface area contributed by atoms with Crippen LogP contribution in [0, 0.1) is 5.92 Å². The number of piperidine rings is 1. The predicted octanol–water partition coefficient (Wildman–Crippen LogP) is 5.67. The van der Waals surface area contributed by atoms with Crippen LogP contribution < -0.4 is 0 Å². The van der Waals surface area contributed by atoms with E-state index in [1.54, 1.807) is 12.1 Å². The van der Waals surface area contributed by atoms with Gasteiger partial charge in [-0.3, -0.25) is 9.78 Å². The van der Waals surface area contributed by atoms with Crippen LogP contribution in [-0.2, 0) is 13.0 Å². The number of aromatic carboxylic acids is 1. The van der Waals surface area contributed by atoms with Crippen molar-refractivity contribution in [2.45, 2.75) is 78.3 Å². The summed E-state index contributed by atoms with van der Waals surface area (Å²) in [5, 5.41) is 9.21. The maximum atomic E-state index is 13.6. The molecular formula is C29H41N3O3. The zero-order chi connectivity index (χ0) is 25.2. The van der Waals surface area contributed by atoms with Crippen LogP contribution in [0.5, 0.6) is 0 Å². The van der Waals surface area contributed by atoms with Gasteiger partial charge in [-0.1, -0.05) is 51.8 Å². The molecule has 1 aromatic carbocycles. The van der Waals surface area contributed by atoms with Crippen LogP contribution in [0.1, 0.15) is 91.3 Å². The number of aromatic nitrogens is 1. The number of unbranched alkanes of at least 4 members (excludes halogenated alkanes) is 2. The first-order chi connectivity index (χ1) is 16.9. The van der Waals surface area contributed by atoms with Crippen molar-refractivity contribution in [3.05, 3.63) is 65.0 Å². The molecule has 3 rings (SSSR count). The molecule has 1 aromatic heterocycles. The average molecular weight is 480 g/mol. The van der Waals surface area contributed by atoms with Gasteiger partial charge in [0.2, 0.25) is 0 Å². The van der Waals surface area contributed by atoms with Crippen LogP contribution in [0.4, 0.5) is 0 Å². The number of rotatable bonds is 12. The standard InChI is InChI=1S/C29H41N3O3/c1-4-5-6-7-23-10-13-27(30-20-23)28(33)32(21-24-8-11-25(12-9-24)29(34)35)26-15-18-31(19-16-26)17-14-22(2)3/h8-13,20,22,26H,4-7,14-19,21H2,1-3H3,(H,34,35). The number of likely N-dealkylation sites (tertiary alicyclic amines) is 1. The third-order valence-corrected chi connectivity index (χ3v) is 6.95. The molecule has 35 heavy (non-hydrogen) atoms. The van der Waals surface area contributed by atoms with E-state index in [1.807, 2.05) is 35.4 Å². The predicted molar refractivity (Wildman–Crippen MR) is 140 cm³/mol. The largest absolute Gasteiger partial charge is 0.478 e. The van der Waals surface area contributed by atoms with Gasteiger partial charge in [0.1, 0.15) is 5.69 Å². The molecule has 0 radical (unpaired) electrons. The lowest BCUT2D eigenvalue weighted by Gasteiger charge is -2.38. The molecule has 0 aliphatic carbocycles. The minimum atomic E-state index is -0.943. The molecule has 1 saturated heterocycles. The summed E-state index contributed by atoms with van der Waals surface area (Å²) >= 11 is 0. The maximum Gasteiger partial charge on any atom is 0.335 e. The monoisotopic (exact) mass is 479 g/mol. The van der Waals surface area contributed by atoms with Crippen molar-refractivity contribution < 1.29 is 14.7 Å². The molecule has 0 spiro atoms. The lowest BCUT2D eigenvalue weighted by Crippen LogP contribution is -2.47. The summed E-state index contributed by atoms with van der Waals surface area (Å²) in [5.74, 6) is -0.301. The van der Waals surface area contributed by atoms with Gasteiger partial charge in [0.05, 0.1) is 5.56 Å². The zero-order valence-electron chi connectivity index (χ0n) is 21.6. The Morgan fingerprint density at radius 3 is 2.31 bits per heavy atom. The van der Waals surface area contributed by atoms with Crippen molar-refractivity contribution in [1.82, 2.24) is 14.8 Å². The van der Waals surface area contributed by atoms with Gasteiger partial charge < -0.3 is 14.9 Å². The highest BCUT2D eigenvalue weighted by molar-refractivity contribution is 5.92. The summed E-state index contributed by atoms with van der Waals surface area (Å²) in [6.45, 7) is 10.2. The van der Waals surface area contributed by atoms with Crippen LogP contribution in [0.3, 0.4) is 0 Å². The smallest absolute Gasteiger partial charge is 0.335 e. The molecule has 0 bridgehead atoms. The van der Waals surface area contributed by atoms with Gasteiger partial charge in [-0.25, -0.2) is 4.79 Å². The van der Waals surface area contributed by atoms with Crippen molar-refractivity contribution in [1.29, 1.82) is 0 Å². The van der Waals surface area contributed by atoms with Gasteiger partial charge in [0.25, 0.3) is 5.91 Å². The van der Waals surface area contributed by atoms with Crippen molar-refractivity contribution in [3.8, 4) is 0 Å². The Bertz CT molecular complexity index is 933. The van der Waals surface area contributed by atoms with Gasteiger partial charge in [0.15, 0.2) is 0 Å². The van der Waals surface area contributed by atoms with Gasteiger partial charge in [-0.2, -0.15) is 0 Å². The first kappa shape index (κ1) is 26.9. The second kappa shape index (κ2) is 13.4. The Morgan fingerprint density at radius 1 is 1.06 bits per heavy atom. The van der Waals surface area contributed by atoms with E-state index in [2.05, 4.69) is 30.7 Å². The van der Waals surface area contributed by atoms with E-state index in [-0.39, 0.29) is 17.5 Å². The van der Waals surface area contributed by atoms with Crippen LogP contribution in [0.2, 0.25) is 0 Å². The second-order valence-corrected chi connectivity index (χ2v) is 10.2. The fourth-order valence-corrected chi connectivity index (χ4v) is 4.64. The molecule has 2 aromatic rings. The quantitative estimate of drug-likeness (QED) is 0.397. The Kier molecular flexibility index (Phi) is 10.3. The molecule has 6 heteroatoms. The first-order valence-electron chi connectivity index (χ1n) is 13.2. The minimum Gasteiger partial charge on any atom is -0.478 e. The molecule has 6 nitrogen and oxygen atoms in total. The highest BCUT2D eigenvalue weighted by Crippen LogP contribution is 2.22. The second-order valence-electron chi connectivity index (χ2n) is 10.2. The molecule has 1 aliphatic heterocycles. The number of hydrogen-bond acceptors (Lipinski definition) is 4. The molecule has 0 atom stereocenters. The summed E-state index contributed by atoms with van der Waals surface area (Å²) in [5.41, 5.74) is 2.84. The van der Waals surface area contributed by atoms with E-state index < -0.39 is 5.97 Å². The highest BCUT2D eigenvalue weighted by Gasteiger charge is 2.29. The van der Waals surface area contributed by atoms with Gasteiger partial charge in [0, 0.05) is 31.9 Å². The number of nitrogens with zero attached hydrogens (tertiary/aromatic N) is 3. The Labute approximate surface area is 210 Å². The number of carboxylic acids is 1. The molecule has 190 valence electrons. The molecule has 0 unspecified atom stereocenters. The van der Waals surface area contributed by atoms with E-state index in [4.69, 9.17) is 0 Å². The third-order valence-electron chi connectivity index (χ3n) is 6.95. The number of hydrogen-bond donors (Lipinski definition) is 1.